The Morgan fingerprint density at radius 2 is 0.507 bits per heavy atom. The van der Waals surface area contributed by atoms with Crippen LogP contribution in [0.2, 0.25) is 0 Å². The molecule has 0 aliphatic heterocycles. The van der Waals surface area contributed by atoms with Crippen LogP contribution >= 0.6 is 0 Å². The van der Waals surface area contributed by atoms with Crippen LogP contribution in [0.5, 0.6) is 0 Å². The first-order valence-electron chi connectivity index (χ1n) is 54.0. The molecule has 15 aromatic carbocycles. The van der Waals surface area contributed by atoms with Gasteiger partial charge in [-0.1, -0.05) is 389 Å². The number of rotatable bonds is 15. The quantitative estimate of drug-likeness (QED) is 0.101. The van der Waals surface area contributed by atoms with Crippen molar-refractivity contribution in [3.8, 4) is 77.9 Å². The molecule has 0 amide bonds. The van der Waals surface area contributed by atoms with Gasteiger partial charge in [0.05, 0.1) is 0 Å². The molecule has 0 bridgehead atoms. The van der Waals surface area contributed by atoms with Gasteiger partial charge in [-0.3, -0.25) is 0 Å². The SMILES string of the molecule is CC(C)c1cc2c(cc1N(c1ccccc1-c1ccccc1)C(C)(C)C)-c1ccccc1C2(C)C.CC1(C)CCC(c2ccccc2N(c2cc3c(cc2C2CCC(C)(C)CC2)C(C)(C)c2ccccc2-3)C(C)(C)C)CC1.CCc1cc2c(cc1N(c1ccccc1-c1ccccc1)C(C)(C)C)-c1ccccc1C2(C)C.Cc1cc2c(cc1N(c1ccccc1-c1ccccc1)C(C)(C)C)-c1ccccc1C2(C)C. The highest BCUT2D eigenvalue weighted by molar-refractivity contribution is 5.95. The predicted molar refractivity (Wildman–Crippen MR) is 624 cm³/mol. The van der Waals surface area contributed by atoms with Crippen molar-refractivity contribution in [2.45, 2.75) is 313 Å². The Morgan fingerprint density at radius 1 is 0.243 bits per heavy atom. The van der Waals surface area contributed by atoms with Crippen LogP contribution in [0.3, 0.4) is 0 Å². The molecule has 2 fully saturated rings. The number of para-hydroxylation sites is 4. The van der Waals surface area contributed by atoms with Crippen molar-refractivity contribution in [2.75, 3.05) is 19.6 Å². The van der Waals surface area contributed by atoms with E-state index >= 15 is 0 Å². The molecule has 0 spiro atoms. The summed E-state index contributed by atoms with van der Waals surface area (Å²) < 4.78 is 0. The minimum Gasteiger partial charge on any atom is -0.336 e. The summed E-state index contributed by atoms with van der Waals surface area (Å²) in [5.74, 6) is 1.64. The lowest BCUT2D eigenvalue weighted by atomic mass is 9.70. The Balaban J connectivity index is 0.000000127. The monoisotopic (exact) mass is 1900 g/mol. The minimum absolute atomic E-state index is 0.00258. The Kier molecular flexibility index (Phi) is 27.4. The van der Waals surface area contributed by atoms with Crippen molar-refractivity contribution >= 4 is 45.5 Å². The van der Waals surface area contributed by atoms with Crippen molar-refractivity contribution in [1.29, 1.82) is 0 Å². The lowest BCUT2D eigenvalue weighted by Gasteiger charge is -2.44. The summed E-state index contributed by atoms with van der Waals surface area (Å²) in [5.41, 5.74) is 48.5. The third-order valence-corrected chi connectivity index (χ3v) is 33.2. The molecule has 0 unspecified atom stereocenters. The van der Waals surface area contributed by atoms with Gasteiger partial charge in [-0.2, -0.15) is 0 Å². The van der Waals surface area contributed by atoms with Crippen molar-refractivity contribution < 1.29 is 0 Å². The van der Waals surface area contributed by atoms with Crippen LogP contribution in [0.1, 0.15) is 328 Å². The van der Waals surface area contributed by atoms with Gasteiger partial charge in [-0.15, -0.1) is 0 Å². The summed E-state index contributed by atoms with van der Waals surface area (Å²) in [5, 5.41) is 0. The molecule has 144 heavy (non-hydrogen) atoms. The fourth-order valence-corrected chi connectivity index (χ4v) is 25.5. The number of fused-ring (bicyclic) bond motifs is 12. The number of hydrogen-bond donors (Lipinski definition) is 0. The number of aryl methyl sites for hydroxylation is 2. The molecule has 0 aromatic heterocycles. The summed E-state index contributed by atoms with van der Waals surface area (Å²) in [6.45, 7) is 66.2. The highest BCUT2D eigenvalue weighted by atomic mass is 15.2. The van der Waals surface area contributed by atoms with E-state index in [1.807, 2.05) is 0 Å². The third kappa shape index (κ3) is 19.2. The zero-order valence-electron chi connectivity index (χ0n) is 92.1. The molecule has 0 radical (unpaired) electrons. The van der Waals surface area contributed by atoms with Gasteiger partial charge in [0, 0.05) is 106 Å². The van der Waals surface area contributed by atoms with Gasteiger partial charge in [0.1, 0.15) is 0 Å². The van der Waals surface area contributed by atoms with E-state index in [0.29, 0.717) is 28.6 Å². The summed E-state index contributed by atoms with van der Waals surface area (Å²) in [4.78, 5) is 10.4. The van der Waals surface area contributed by atoms with Gasteiger partial charge < -0.3 is 19.6 Å². The van der Waals surface area contributed by atoms with Crippen LogP contribution in [0.15, 0.2) is 334 Å². The Labute approximate surface area is 866 Å². The molecule has 740 valence electrons. The van der Waals surface area contributed by atoms with Gasteiger partial charge in [0.2, 0.25) is 0 Å². The molecule has 0 atom stereocenters. The second kappa shape index (κ2) is 38.8. The molecule has 4 heteroatoms. The average Bonchev–Trinajstić information content (AvgIpc) is 1.54. The van der Waals surface area contributed by atoms with Crippen LogP contribution in [0, 0.1) is 17.8 Å². The lowest BCUT2D eigenvalue weighted by molar-refractivity contribution is 0.224. The van der Waals surface area contributed by atoms with Gasteiger partial charge in [-0.05, 0) is 358 Å². The van der Waals surface area contributed by atoms with E-state index in [1.54, 1.807) is 11.1 Å². The fraction of sp³-hybridized carbons (Fsp3) is 0.357. The van der Waals surface area contributed by atoms with Crippen molar-refractivity contribution in [2.24, 2.45) is 10.8 Å². The number of anilines is 8. The molecule has 4 nitrogen and oxygen atoms in total. The van der Waals surface area contributed by atoms with E-state index in [9.17, 15) is 0 Å². The predicted octanol–water partition coefficient (Wildman–Crippen LogP) is 40.1. The second-order valence-corrected chi connectivity index (χ2v) is 50.4. The zero-order chi connectivity index (χ0) is 103. The van der Waals surface area contributed by atoms with Crippen molar-refractivity contribution in [3.63, 3.8) is 0 Å². The van der Waals surface area contributed by atoms with Gasteiger partial charge in [0.15, 0.2) is 0 Å². The first kappa shape index (κ1) is 102. The molecule has 15 aromatic rings. The maximum absolute atomic E-state index is 2.76. The van der Waals surface area contributed by atoms with Gasteiger partial charge in [-0.25, -0.2) is 0 Å². The topological polar surface area (TPSA) is 13.0 Å². The van der Waals surface area contributed by atoms with Crippen LogP contribution in [-0.2, 0) is 28.1 Å². The molecule has 21 rings (SSSR count). The standard InChI is InChI=1S/C41H55N.C34H37N.C33H35N.C32H33N/c1-38(2,3)42(36-17-13-11-14-30(36)28-18-22-39(4,5)23-19-28)37-27-33-31-15-10-12-16-34(31)41(8,9)35(33)26-32(37)29-20-24-40(6,7)25-21-29;1-23(2)27-21-30-28(26-18-11-13-19-29(26)34(30,6)7)22-32(27)35(33(3,4)5)31-20-14-12-17-25(31)24-15-9-8-10-16-24;1-7-23-21-29-27(26-18-11-13-19-28(26)33(29,5)6)22-31(23)34(32(2,3)4)30-20-14-12-17-25(30)24-15-9-8-10-16-24;1-22-20-28-26(25-17-10-12-18-27(25)32(28,5)6)21-30(22)33(31(2,3)4)29-19-13-11-16-24(29)23-14-8-7-9-15-23/h10-17,26-29H,18-25H2,1-9H3;8-23H,1-7H3;8-22H,7H2,1-6H3;7-21H,1-6H3. The molecule has 0 N–H and O–H groups in total. The van der Waals surface area contributed by atoms with Crippen molar-refractivity contribution in [1.82, 2.24) is 0 Å². The summed E-state index contributed by atoms with van der Waals surface area (Å²) in [6.07, 6.45) is 11.4. The molecule has 6 aliphatic rings. The van der Waals surface area contributed by atoms with E-state index in [4.69, 9.17) is 0 Å². The zero-order valence-corrected chi connectivity index (χ0v) is 92.1. The Bertz CT molecular complexity index is 7200. The smallest absolute Gasteiger partial charge is 0.0495 e. The normalized spacial score (nSPS) is 16.2. The highest BCUT2D eigenvalue weighted by Gasteiger charge is 2.46. The van der Waals surface area contributed by atoms with E-state index < -0.39 is 0 Å². The maximum atomic E-state index is 2.76. The second-order valence-electron chi connectivity index (χ2n) is 50.4. The van der Waals surface area contributed by atoms with Crippen LogP contribution < -0.4 is 19.6 Å². The largest absolute Gasteiger partial charge is 0.336 e. The number of hydrogen-bond acceptors (Lipinski definition) is 4. The van der Waals surface area contributed by atoms with Gasteiger partial charge >= 0.3 is 0 Å². The fourth-order valence-electron chi connectivity index (χ4n) is 25.5. The lowest BCUT2D eigenvalue weighted by Crippen LogP contribution is -2.39. The molecular formula is C140H160N4. The minimum atomic E-state index is -0.115. The molecule has 0 heterocycles. The van der Waals surface area contributed by atoms with Crippen LogP contribution in [0.4, 0.5) is 45.5 Å². The van der Waals surface area contributed by atoms with E-state index in [0.717, 1.165) is 6.42 Å². The highest BCUT2D eigenvalue weighted by Crippen LogP contribution is 2.61. The Hall–Kier alpha value is -12.5. The summed E-state index contributed by atoms with van der Waals surface area (Å²) in [7, 11) is 0. The van der Waals surface area contributed by atoms with Gasteiger partial charge in [0.25, 0.3) is 0 Å². The van der Waals surface area contributed by atoms with E-state index in [-0.39, 0.29) is 43.8 Å². The van der Waals surface area contributed by atoms with E-state index in [1.165, 1.54) is 236 Å². The van der Waals surface area contributed by atoms with Crippen molar-refractivity contribution in [3.05, 3.63) is 406 Å². The number of benzene rings is 15. The molecule has 6 aliphatic carbocycles. The summed E-state index contributed by atoms with van der Waals surface area (Å²) >= 11 is 0. The third-order valence-electron chi connectivity index (χ3n) is 33.2. The molecule has 2 saturated carbocycles. The first-order valence-corrected chi connectivity index (χ1v) is 54.0. The molecule has 0 saturated heterocycles. The maximum Gasteiger partial charge on any atom is 0.0495 e. The van der Waals surface area contributed by atoms with Crippen LogP contribution in [0.25, 0.3) is 77.9 Å². The summed E-state index contributed by atoms with van der Waals surface area (Å²) in [6, 6.07) is 124. The first-order chi connectivity index (χ1) is 68.2. The van der Waals surface area contributed by atoms with E-state index in [2.05, 4.69) is 547 Å². The molecular weight excluding hydrogens is 1740 g/mol. The van der Waals surface area contributed by atoms with Crippen LogP contribution in [-0.4, -0.2) is 22.2 Å². The average molecular weight is 1900 g/mol. The number of nitrogens with zero attached hydrogens (tertiary/aromatic N) is 4. The Morgan fingerprint density at radius 3 is 0.861 bits per heavy atom.